The monoisotopic (exact) mass is 390 g/mol. The minimum absolute atomic E-state index is 0.366. The second kappa shape index (κ2) is 9.58. The summed E-state index contributed by atoms with van der Waals surface area (Å²) in [4.78, 5) is 12.1. The quantitative estimate of drug-likeness (QED) is 0.219. The Morgan fingerprint density at radius 3 is 2.14 bits per heavy atom. The number of carbonyl (C=O) groups is 1. The van der Waals surface area contributed by atoms with Crippen LogP contribution >= 0.6 is 11.6 Å². The molecule has 0 aromatic heterocycles. The van der Waals surface area contributed by atoms with Gasteiger partial charge in [0.2, 0.25) is 0 Å². The maximum absolute atomic E-state index is 12.1. The fraction of sp³-hybridized carbons (Fsp3) is 0.0417. The van der Waals surface area contributed by atoms with Gasteiger partial charge in [0.15, 0.2) is 11.5 Å². The van der Waals surface area contributed by atoms with Crippen molar-refractivity contribution in [1.29, 1.82) is 0 Å². The number of methoxy groups -OCH3 is 1. The zero-order chi connectivity index (χ0) is 19.8. The first kappa shape index (κ1) is 19.5. The molecule has 4 heteroatoms. The van der Waals surface area contributed by atoms with E-state index in [4.69, 9.17) is 21.1 Å². The van der Waals surface area contributed by atoms with Crippen LogP contribution in [0.25, 0.3) is 18.2 Å². The molecule has 0 aliphatic heterocycles. The van der Waals surface area contributed by atoms with Gasteiger partial charge in [-0.2, -0.15) is 0 Å². The van der Waals surface area contributed by atoms with Crippen molar-refractivity contribution >= 4 is 35.8 Å². The molecule has 0 radical (unpaired) electrons. The molecule has 3 rings (SSSR count). The van der Waals surface area contributed by atoms with E-state index in [9.17, 15) is 4.79 Å². The van der Waals surface area contributed by atoms with Gasteiger partial charge in [0.25, 0.3) is 0 Å². The molecule has 0 saturated carbocycles. The highest BCUT2D eigenvalue weighted by atomic mass is 35.5. The molecule has 0 atom stereocenters. The van der Waals surface area contributed by atoms with E-state index in [1.807, 2.05) is 66.7 Å². The van der Waals surface area contributed by atoms with Crippen LogP contribution in [0, 0.1) is 0 Å². The van der Waals surface area contributed by atoms with E-state index in [1.165, 1.54) is 6.08 Å². The van der Waals surface area contributed by atoms with Gasteiger partial charge >= 0.3 is 5.97 Å². The van der Waals surface area contributed by atoms with Crippen LogP contribution in [0.2, 0.25) is 5.02 Å². The normalized spacial score (nSPS) is 11.1. The molecule has 0 fully saturated rings. The van der Waals surface area contributed by atoms with Crippen LogP contribution in [-0.4, -0.2) is 13.1 Å². The first-order chi connectivity index (χ1) is 13.6. The summed E-state index contributed by atoms with van der Waals surface area (Å²) in [5.74, 6) is 0.370. The highest BCUT2D eigenvalue weighted by Crippen LogP contribution is 2.29. The lowest BCUT2D eigenvalue weighted by Crippen LogP contribution is -2.05. The first-order valence-corrected chi connectivity index (χ1v) is 9.08. The number of benzene rings is 3. The summed E-state index contributed by atoms with van der Waals surface area (Å²) < 4.78 is 10.8. The van der Waals surface area contributed by atoms with E-state index in [2.05, 4.69) is 0 Å². The summed E-state index contributed by atoms with van der Waals surface area (Å²) in [7, 11) is 1.54. The summed E-state index contributed by atoms with van der Waals surface area (Å²) >= 11 is 5.85. The van der Waals surface area contributed by atoms with Crippen molar-refractivity contribution in [2.45, 2.75) is 0 Å². The number of halogens is 1. The molecular weight excluding hydrogens is 372 g/mol. The van der Waals surface area contributed by atoms with E-state index in [0.717, 1.165) is 16.7 Å². The minimum atomic E-state index is -0.485. The van der Waals surface area contributed by atoms with Crippen LogP contribution in [0.4, 0.5) is 0 Å². The second-order valence-corrected chi connectivity index (χ2v) is 6.40. The topological polar surface area (TPSA) is 35.5 Å². The van der Waals surface area contributed by atoms with Gasteiger partial charge in [-0.1, -0.05) is 72.3 Å². The molecule has 0 unspecified atom stereocenters. The van der Waals surface area contributed by atoms with E-state index >= 15 is 0 Å². The maximum Gasteiger partial charge on any atom is 0.336 e. The van der Waals surface area contributed by atoms with E-state index in [0.29, 0.717) is 16.5 Å². The highest BCUT2D eigenvalue weighted by molar-refractivity contribution is 6.30. The smallest absolute Gasteiger partial charge is 0.336 e. The average molecular weight is 391 g/mol. The second-order valence-electron chi connectivity index (χ2n) is 5.96. The summed E-state index contributed by atoms with van der Waals surface area (Å²) in [5, 5.41) is 0.644. The van der Waals surface area contributed by atoms with Gasteiger partial charge in [-0.05, 0) is 47.0 Å². The summed E-state index contributed by atoms with van der Waals surface area (Å²) in [6.45, 7) is 0. The summed E-state index contributed by atoms with van der Waals surface area (Å²) in [6.07, 6.45) is 7.02. The van der Waals surface area contributed by atoms with E-state index in [-0.39, 0.29) is 0 Å². The zero-order valence-corrected chi connectivity index (χ0v) is 16.1. The third kappa shape index (κ3) is 5.60. The minimum Gasteiger partial charge on any atom is -0.493 e. The largest absolute Gasteiger partial charge is 0.493 e. The highest BCUT2D eigenvalue weighted by Gasteiger charge is 2.08. The Bertz CT molecular complexity index is 990. The third-order valence-electron chi connectivity index (χ3n) is 3.95. The predicted octanol–water partition coefficient (Wildman–Crippen LogP) is 6.14. The van der Waals surface area contributed by atoms with Crippen molar-refractivity contribution in [2.24, 2.45) is 0 Å². The molecule has 28 heavy (non-hydrogen) atoms. The van der Waals surface area contributed by atoms with Crippen LogP contribution in [0.5, 0.6) is 11.5 Å². The van der Waals surface area contributed by atoms with Crippen LogP contribution in [-0.2, 0) is 4.79 Å². The standard InChI is InChI=1S/C24H19ClO3/c1-27-23-17-20(8-7-18-5-3-2-4-6-18)11-15-22(23)28-24(26)16-12-19-9-13-21(25)14-10-19/h2-17H,1H3/b8-7+,16-12+. The Labute approximate surface area is 169 Å². The van der Waals surface area contributed by atoms with Crippen molar-refractivity contribution in [2.75, 3.05) is 7.11 Å². The SMILES string of the molecule is COc1cc(/C=C/c2ccccc2)ccc1OC(=O)/C=C/c1ccc(Cl)cc1. The molecule has 3 nitrogen and oxygen atoms in total. The van der Waals surface area contributed by atoms with Crippen molar-refractivity contribution < 1.29 is 14.3 Å². The fourth-order valence-electron chi connectivity index (χ4n) is 2.51. The molecule has 0 heterocycles. The molecule has 140 valence electrons. The lowest BCUT2D eigenvalue weighted by Gasteiger charge is -2.08. The maximum atomic E-state index is 12.1. The summed E-state index contributed by atoms with van der Waals surface area (Å²) in [6, 6.07) is 22.6. The Hall–Kier alpha value is -3.30. The Balaban J connectivity index is 1.69. The zero-order valence-electron chi connectivity index (χ0n) is 15.3. The van der Waals surface area contributed by atoms with Gasteiger partial charge in [-0.25, -0.2) is 4.79 Å². The molecule has 0 spiro atoms. The van der Waals surface area contributed by atoms with Crippen molar-refractivity contribution in [3.05, 3.63) is 101 Å². The Morgan fingerprint density at radius 1 is 0.786 bits per heavy atom. The fourth-order valence-corrected chi connectivity index (χ4v) is 2.64. The number of ether oxygens (including phenoxy) is 2. The first-order valence-electron chi connectivity index (χ1n) is 8.71. The predicted molar refractivity (Wildman–Crippen MR) is 114 cm³/mol. The molecule has 0 saturated heterocycles. The molecule has 0 amide bonds. The van der Waals surface area contributed by atoms with Crippen molar-refractivity contribution in [3.8, 4) is 11.5 Å². The van der Waals surface area contributed by atoms with E-state index in [1.54, 1.807) is 31.4 Å². The molecule has 0 bridgehead atoms. The van der Waals surface area contributed by atoms with Gasteiger partial charge in [0, 0.05) is 11.1 Å². The number of hydrogen-bond donors (Lipinski definition) is 0. The number of esters is 1. The van der Waals surface area contributed by atoms with Gasteiger partial charge in [0.1, 0.15) is 0 Å². The van der Waals surface area contributed by atoms with Gasteiger partial charge in [-0.3, -0.25) is 0 Å². The summed E-state index contributed by atoms with van der Waals surface area (Å²) in [5.41, 5.74) is 2.90. The van der Waals surface area contributed by atoms with Gasteiger partial charge < -0.3 is 9.47 Å². The molecule has 3 aromatic rings. The van der Waals surface area contributed by atoms with Crippen LogP contribution in [0.1, 0.15) is 16.7 Å². The molecule has 0 N–H and O–H groups in total. The van der Waals surface area contributed by atoms with Gasteiger partial charge in [0.05, 0.1) is 7.11 Å². The number of carbonyl (C=O) groups excluding carboxylic acids is 1. The van der Waals surface area contributed by atoms with Crippen LogP contribution in [0.3, 0.4) is 0 Å². The third-order valence-corrected chi connectivity index (χ3v) is 4.20. The van der Waals surface area contributed by atoms with Crippen molar-refractivity contribution in [3.63, 3.8) is 0 Å². The van der Waals surface area contributed by atoms with Gasteiger partial charge in [-0.15, -0.1) is 0 Å². The lowest BCUT2D eigenvalue weighted by molar-refractivity contribution is -0.129. The van der Waals surface area contributed by atoms with Crippen LogP contribution < -0.4 is 9.47 Å². The van der Waals surface area contributed by atoms with E-state index < -0.39 is 5.97 Å². The average Bonchev–Trinajstić information content (AvgIpc) is 2.73. The number of hydrogen-bond acceptors (Lipinski definition) is 3. The molecule has 3 aromatic carbocycles. The molecule has 0 aliphatic carbocycles. The molecule has 0 aliphatic rings. The lowest BCUT2D eigenvalue weighted by atomic mass is 10.1. The van der Waals surface area contributed by atoms with Crippen molar-refractivity contribution in [1.82, 2.24) is 0 Å². The molecular formula is C24H19ClO3. The Kier molecular flexibility index (Phi) is 6.66. The van der Waals surface area contributed by atoms with Crippen LogP contribution in [0.15, 0.2) is 78.9 Å². The number of rotatable bonds is 6. The Morgan fingerprint density at radius 2 is 1.43 bits per heavy atom.